The van der Waals surface area contributed by atoms with Gasteiger partial charge in [-0.2, -0.15) is 0 Å². The Hall–Kier alpha value is -1.78. The van der Waals surface area contributed by atoms with Crippen molar-refractivity contribution in [3.8, 4) is 0 Å². The van der Waals surface area contributed by atoms with E-state index in [-0.39, 0.29) is 11.7 Å². The highest BCUT2D eigenvalue weighted by Crippen LogP contribution is 2.20. The van der Waals surface area contributed by atoms with Crippen molar-refractivity contribution < 1.29 is 9.59 Å². The Labute approximate surface area is 126 Å². The van der Waals surface area contributed by atoms with E-state index in [1.165, 1.54) is 11.8 Å². The highest BCUT2D eigenvalue weighted by molar-refractivity contribution is 8.00. The SMILES string of the molecule is O=Cc1cccc(SCC(=O)Nc2cccc(Cl)c2)c1. The van der Waals surface area contributed by atoms with Gasteiger partial charge in [0.25, 0.3) is 0 Å². The molecular formula is C15H12ClNO2S. The predicted octanol–water partition coefficient (Wildman–Crippen LogP) is 3.88. The molecule has 0 radical (unpaired) electrons. The Balaban J connectivity index is 1.90. The minimum Gasteiger partial charge on any atom is -0.325 e. The zero-order chi connectivity index (χ0) is 14.4. The maximum atomic E-state index is 11.8. The van der Waals surface area contributed by atoms with Crippen molar-refractivity contribution in [1.82, 2.24) is 0 Å². The highest BCUT2D eigenvalue weighted by atomic mass is 35.5. The number of rotatable bonds is 5. The molecule has 20 heavy (non-hydrogen) atoms. The maximum Gasteiger partial charge on any atom is 0.234 e. The van der Waals surface area contributed by atoms with Gasteiger partial charge in [-0.05, 0) is 30.3 Å². The number of thioether (sulfide) groups is 1. The topological polar surface area (TPSA) is 46.2 Å². The molecule has 2 aromatic rings. The third-order valence-corrected chi connectivity index (χ3v) is 3.70. The summed E-state index contributed by atoms with van der Waals surface area (Å²) in [6.07, 6.45) is 0.788. The lowest BCUT2D eigenvalue weighted by Gasteiger charge is -2.05. The average molecular weight is 306 g/mol. The number of carbonyl (C=O) groups excluding carboxylic acids is 2. The number of amides is 1. The minimum atomic E-state index is -0.117. The van der Waals surface area contributed by atoms with Gasteiger partial charge < -0.3 is 5.32 Å². The molecule has 2 rings (SSSR count). The van der Waals surface area contributed by atoms with Crippen LogP contribution in [0.4, 0.5) is 5.69 Å². The second-order valence-corrected chi connectivity index (χ2v) is 5.52. The lowest BCUT2D eigenvalue weighted by atomic mass is 10.2. The van der Waals surface area contributed by atoms with Gasteiger partial charge in [0.15, 0.2) is 0 Å². The van der Waals surface area contributed by atoms with Crippen LogP contribution in [0.5, 0.6) is 0 Å². The van der Waals surface area contributed by atoms with Crippen molar-refractivity contribution in [2.45, 2.75) is 4.90 Å². The van der Waals surface area contributed by atoms with Gasteiger partial charge in [0.1, 0.15) is 6.29 Å². The molecular weight excluding hydrogens is 294 g/mol. The van der Waals surface area contributed by atoms with Crippen LogP contribution < -0.4 is 5.32 Å². The molecule has 0 spiro atoms. The van der Waals surface area contributed by atoms with Crippen LogP contribution in [-0.2, 0) is 4.79 Å². The average Bonchev–Trinajstić information content (AvgIpc) is 2.45. The Morgan fingerprint density at radius 1 is 1.20 bits per heavy atom. The molecule has 0 atom stereocenters. The highest BCUT2D eigenvalue weighted by Gasteiger charge is 2.04. The smallest absolute Gasteiger partial charge is 0.234 e. The molecule has 0 saturated heterocycles. The first-order valence-electron chi connectivity index (χ1n) is 5.91. The summed E-state index contributed by atoms with van der Waals surface area (Å²) in [5.74, 6) is 0.156. The first-order chi connectivity index (χ1) is 9.67. The molecule has 0 saturated carbocycles. The fourth-order valence-corrected chi connectivity index (χ4v) is 2.54. The predicted molar refractivity (Wildman–Crippen MR) is 82.6 cm³/mol. The summed E-state index contributed by atoms with van der Waals surface area (Å²) in [4.78, 5) is 23.4. The molecule has 0 bridgehead atoms. The van der Waals surface area contributed by atoms with Gasteiger partial charge in [-0.15, -0.1) is 11.8 Å². The Morgan fingerprint density at radius 2 is 2.00 bits per heavy atom. The van der Waals surface area contributed by atoms with Gasteiger partial charge in [0.2, 0.25) is 5.91 Å². The van der Waals surface area contributed by atoms with Crippen LogP contribution in [0.2, 0.25) is 5.02 Å². The standard InChI is InChI=1S/C15H12ClNO2S/c16-12-4-2-5-13(8-12)17-15(19)10-20-14-6-1-3-11(7-14)9-18/h1-9H,10H2,(H,17,19). The van der Waals surface area contributed by atoms with E-state index in [0.717, 1.165) is 11.2 Å². The fraction of sp³-hybridized carbons (Fsp3) is 0.0667. The largest absolute Gasteiger partial charge is 0.325 e. The van der Waals surface area contributed by atoms with E-state index >= 15 is 0 Å². The van der Waals surface area contributed by atoms with Crippen molar-refractivity contribution in [3.63, 3.8) is 0 Å². The maximum absolute atomic E-state index is 11.8. The Bertz CT molecular complexity index is 631. The van der Waals surface area contributed by atoms with Crippen LogP contribution >= 0.6 is 23.4 Å². The molecule has 2 aromatic carbocycles. The van der Waals surface area contributed by atoms with Crippen molar-refractivity contribution in [3.05, 3.63) is 59.1 Å². The third-order valence-electron chi connectivity index (χ3n) is 2.47. The van der Waals surface area contributed by atoms with E-state index in [4.69, 9.17) is 11.6 Å². The third kappa shape index (κ3) is 4.40. The van der Waals surface area contributed by atoms with Gasteiger partial charge in [0.05, 0.1) is 5.75 Å². The molecule has 1 amide bonds. The first-order valence-corrected chi connectivity index (χ1v) is 7.27. The normalized spacial score (nSPS) is 10.1. The monoisotopic (exact) mass is 305 g/mol. The van der Waals surface area contributed by atoms with E-state index in [2.05, 4.69) is 5.32 Å². The summed E-state index contributed by atoms with van der Waals surface area (Å²) in [5.41, 5.74) is 1.27. The molecule has 102 valence electrons. The van der Waals surface area contributed by atoms with Crippen molar-refractivity contribution in [2.24, 2.45) is 0 Å². The molecule has 5 heteroatoms. The minimum absolute atomic E-state index is 0.117. The van der Waals surface area contributed by atoms with Crippen LogP contribution in [-0.4, -0.2) is 17.9 Å². The molecule has 0 aliphatic carbocycles. The van der Waals surface area contributed by atoms with Gasteiger partial charge in [0, 0.05) is 21.2 Å². The van der Waals surface area contributed by atoms with Crippen LogP contribution in [0.3, 0.4) is 0 Å². The summed E-state index contributed by atoms with van der Waals surface area (Å²) in [7, 11) is 0. The van der Waals surface area contributed by atoms with E-state index < -0.39 is 0 Å². The Kier molecular flexibility index (Phi) is 5.21. The second kappa shape index (κ2) is 7.12. The number of benzene rings is 2. The summed E-state index contributed by atoms with van der Waals surface area (Å²) in [6.45, 7) is 0. The molecule has 0 aliphatic heterocycles. The molecule has 0 unspecified atom stereocenters. The van der Waals surface area contributed by atoms with Crippen molar-refractivity contribution in [1.29, 1.82) is 0 Å². The van der Waals surface area contributed by atoms with Crippen LogP contribution in [0, 0.1) is 0 Å². The summed E-state index contributed by atoms with van der Waals surface area (Å²) in [5, 5.41) is 3.35. The van der Waals surface area contributed by atoms with Gasteiger partial charge in [-0.1, -0.05) is 29.8 Å². The van der Waals surface area contributed by atoms with Gasteiger partial charge in [-0.3, -0.25) is 9.59 Å². The van der Waals surface area contributed by atoms with Crippen molar-refractivity contribution in [2.75, 3.05) is 11.1 Å². The fourth-order valence-electron chi connectivity index (χ4n) is 1.59. The Morgan fingerprint density at radius 3 is 2.75 bits per heavy atom. The summed E-state index contributed by atoms with van der Waals surface area (Å²) in [6, 6.07) is 14.1. The number of anilines is 1. The van der Waals surface area contributed by atoms with Gasteiger partial charge in [-0.25, -0.2) is 0 Å². The number of aldehydes is 1. The molecule has 0 aromatic heterocycles. The second-order valence-electron chi connectivity index (χ2n) is 4.04. The molecule has 0 heterocycles. The van der Waals surface area contributed by atoms with Crippen LogP contribution in [0.1, 0.15) is 10.4 Å². The number of halogens is 1. The zero-order valence-corrected chi connectivity index (χ0v) is 12.1. The molecule has 0 aliphatic rings. The van der Waals surface area contributed by atoms with Crippen molar-refractivity contribution >= 4 is 41.2 Å². The molecule has 0 fully saturated rings. The first kappa shape index (κ1) is 14.6. The van der Waals surface area contributed by atoms with Crippen LogP contribution in [0.15, 0.2) is 53.4 Å². The number of hydrogen-bond acceptors (Lipinski definition) is 3. The van der Waals surface area contributed by atoms with Gasteiger partial charge >= 0.3 is 0 Å². The summed E-state index contributed by atoms with van der Waals surface area (Å²) < 4.78 is 0. The van der Waals surface area contributed by atoms with E-state index in [1.807, 2.05) is 6.07 Å². The quantitative estimate of drug-likeness (QED) is 0.673. The lowest BCUT2D eigenvalue weighted by molar-refractivity contribution is -0.113. The zero-order valence-electron chi connectivity index (χ0n) is 10.5. The summed E-state index contributed by atoms with van der Waals surface area (Å²) >= 11 is 7.22. The van der Waals surface area contributed by atoms with Crippen LogP contribution in [0.25, 0.3) is 0 Å². The number of nitrogens with one attached hydrogen (secondary N) is 1. The number of carbonyl (C=O) groups is 2. The molecule has 1 N–H and O–H groups in total. The van der Waals surface area contributed by atoms with E-state index in [1.54, 1.807) is 42.5 Å². The van der Waals surface area contributed by atoms with E-state index in [0.29, 0.717) is 16.3 Å². The molecule has 3 nitrogen and oxygen atoms in total. The lowest BCUT2D eigenvalue weighted by Crippen LogP contribution is -2.13. The number of hydrogen-bond donors (Lipinski definition) is 1. The van der Waals surface area contributed by atoms with E-state index in [9.17, 15) is 9.59 Å².